The van der Waals surface area contributed by atoms with E-state index in [-0.39, 0.29) is 49.6 Å². The number of carbonyl (C=O) groups is 1. The summed E-state index contributed by atoms with van der Waals surface area (Å²) < 4.78 is 10.5. The zero-order valence-corrected chi connectivity index (χ0v) is 10.3. The van der Waals surface area contributed by atoms with Gasteiger partial charge in [0, 0.05) is 0 Å². The minimum atomic E-state index is -0.888. The van der Waals surface area contributed by atoms with E-state index >= 15 is 0 Å². The van der Waals surface area contributed by atoms with Gasteiger partial charge in [0.1, 0.15) is 0 Å². The topological polar surface area (TPSA) is 55.8 Å². The number of carboxylic acid groups (broad SMARTS) is 1. The fraction of sp³-hybridized carbons (Fsp3) is 0.875. The molecule has 1 aliphatic rings. The molecule has 1 saturated heterocycles. The zero-order chi connectivity index (χ0) is 9.14. The molecule has 1 N–H and O–H groups in total. The van der Waals surface area contributed by atoms with Crippen LogP contribution in [0, 0.1) is 0 Å². The molecule has 0 aromatic rings. The third-order valence-corrected chi connectivity index (χ3v) is 1.77. The molecular formula is C8H15NaO4. The smallest absolute Gasteiger partial charge is 1.00 e. The molecule has 1 heterocycles. The van der Waals surface area contributed by atoms with Crippen molar-refractivity contribution in [3.8, 4) is 0 Å². The van der Waals surface area contributed by atoms with Crippen molar-refractivity contribution >= 4 is 5.97 Å². The van der Waals surface area contributed by atoms with Gasteiger partial charge in [-0.1, -0.05) is 0 Å². The first kappa shape index (κ1) is 13.4. The SMILES string of the molecule is CC1CC(C)OC(CC(=O)O)O1.[H-].[Na+]. The van der Waals surface area contributed by atoms with Gasteiger partial charge in [-0.15, -0.1) is 0 Å². The van der Waals surface area contributed by atoms with Gasteiger partial charge >= 0.3 is 35.5 Å². The van der Waals surface area contributed by atoms with Crippen LogP contribution in [-0.4, -0.2) is 29.6 Å². The van der Waals surface area contributed by atoms with Crippen LogP contribution in [0.4, 0.5) is 0 Å². The van der Waals surface area contributed by atoms with Gasteiger partial charge in [0.05, 0.1) is 18.6 Å². The summed E-state index contributed by atoms with van der Waals surface area (Å²) in [6.07, 6.45) is 0.377. The minimum absolute atomic E-state index is 0. The fourth-order valence-electron chi connectivity index (χ4n) is 1.37. The Morgan fingerprint density at radius 2 is 1.92 bits per heavy atom. The summed E-state index contributed by atoms with van der Waals surface area (Å²) >= 11 is 0. The van der Waals surface area contributed by atoms with Crippen molar-refractivity contribution in [2.45, 2.75) is 45.2 Å². The normalized spacial score (nSPS) is 33.5. The summed E-state index contributed by atoms with van der Waals surface area (Å²) in [6.45, 7) is 3.85. The van der Waals surface area contributed by atoms with Crippen LogP contribution in [0.2, 0.25) is 0 Å². The van der Waals surface area contributed by atoms with Crippen molar-refractivity contribution < 1.29 is 50.4 Å². The Bertz CT molecular complexity index is 169. The Labute approximate surface area is 101 Å². The second-order valence-electron chi connectivity index (χ2n) is 3.16. The first-order valence-corrected chi connectivity index (χ1v) is 4.10. The Hall–Kier alpha value is 0.390. The van der Waals surface area contributed by atoms with E-state index in [2.05, 4.69) is 0 Å². The van der Waals surface area contributed by atoms with Crippen LogP contribution in [0.1, 0.15) is 28.1 Å². The zero-order valence-electron chi connectivity index (χ0n) is 9.32. The van der Waals surface area contributed by atoms with E-state index in [0.29, 0.717) is 0 Å². The van der Waals surface area contributed by atoms with E-state index in [9.17, 15) is 4.79 Å². The van der Waals surface area contributed by atoms with Crippen molar-refractivity contribution in [2.24, 2.45) is 0 Å². The van der Waals surface area contributed by atoms with E-state index in [4.69, 9.17) is 14.6 Å². The van der Waals surface area contributed by atoms with E-state index in [1.54, 1.807) is 0 Å². The predicted octanol–water partition coefficient (Wildman–Crippen LogP) is -1.88. The standard InChI is InChI=1S/C8H14O4.Na.H/c1-5-3-6(2)12-8(11-5)4-7(9)10;;/h5-6,8H,3-4H2,1-2H3,(H,9,10);;/q;+1;-1. The second-order valence-corrected chi connectivity index (χ2v) is 3.16. The van der Waals surface area contributed by atoms with Crippen LogP contribution in [-0.2, 0) is 14.3 Å². The van der Waals surface area contributed by atoms with Crippen molar-refractivity contribution in [2.75, 3.05) is 0 Å². The number of hydrogen-bond donors (Lipinski definition) is 1. The van der Waals surface area contributed by atoms with Gasteiger partial charge in [-0.25, -0.2) is 0 Å². The number of rotatable bonds is 2. The molecule has 0 aromatic carbocycles. The Morgan fingerprint density at radius 3 is 2.31 bits per heavy atom. The van der Waals surface area contributed by atoms with Crippen LogP contribution in [0.15, 0.2) is 0 Å². The summed E-state index contributed by atoms with van der Waals surface area (Å²) in [5.41, 5.74) is 0. The van der Waals surface area contributed by atoms with E-state index in [1.165, 1.54) is 0 Å². The van der Waals surface area contributed by atoms with Crippen LogP contribution in [0.5, 0.6) is 0 Å². The van der Waals surface area contributed by atoms with Gasteiger partial charge < -0.3 is 16.0 Å². The molecule has 0 aromatic heterocycles. The first-order valence-electron chi connectivity index (χ1n) is 4.10. The molecule has 1 rings (SSSR count). The average Bonchev–Trinajstić information content (AvgIpc) is 1.81. The molecule has 2 unspecified atom stereocenters. The fourth-order valence-corrected chi connectivity index (χ4v) is 1.37. The number of ether oxygens (including phenoxy) is 2. The largest absolute Gasteiger partial charge is 1.00 e. The van der Waals surface area contributed by atoms with Gasteiger partial charge in [-0.2, -0.15) is 0 Å². The second kappa shape index (κ2) is 5.98. The van der Waals surface area contributed by atoms with Gasteiger partial charge in [-0.05, 0) is 20.3 Å². The van der Waals surface area contributed by atoms with Crippen LogP contribution in [0.3, 0.4) is 0 Å². The van der Waals surface area contributed by atoms with E-state index in [1.807, 2.05) is 13.8 Å². The maximum atomic E-state index is 10.3. The van der Waals surface area contributed by atoms with Gasteiger partial charge in [0.15, 0.2) is 6.29 Å². The third-order valence-electron chi connectivity index (χ3n) is 1.77. The van der Waals surface area contributed by atoms with Crippen LogP contribution < -0.4 is 29.6 Å². The number of aliphatic carboxylic acids is 1. The quantitative estimate of drug-likeness (QED) is 0.527. The van der Waals surface area contributed by atoms with Gasteiger partial charge in [-0.3, -0.25) is 4.79 Å². The molecule has 13 heavy (non-hydrogen) atoms. The third kappa shape index (κ3) is 4.98. The molecular weight excluding hydrogens is 183 g/mol. The minimum Gasteiger partial charge on any atom is -1.00 e. The molecule has 0 radical (unpaired) electrons. The maximum absolute atomic E-state index is 10.3. The Balaban J connectivity index is 0. The van der Waals surface area contributed by atoms with Crippen molar-refractivity contribution in [3.63, 3.8) is 0 Å². The van der Waals surface area contributed by atoms with Gasteiger partial charge in [0.2, 0.25) is 0 Å². The summed E-state index contributed by atoms with van der Waals surface area (Å²) in [4.78, 5) is 10.3. The average molecular weight is 198 g/mol. The van der Waals surface area contributed by atoms with Crippen molar-refractivity contribution in [1.82, 2.24) is 0 Å². The molecule has 4 nitrogen and oxygen atoms in total. The molecule has 0 spiro atoms. The van der Waals surface area contributed by atoms with Crippen molar-refractivity contribution in [3.05, 3.63) is 0 Å². The molecule has 1 fully saturated rings. The molecule has 0 bridgehead atoms. The summed E-state index contributed by atoms with van der Waals surface area (Å²) in [5, 5.41) is 8.48. The van der Waals surface area contributed by atoms with E-state index < -0.39 is 12.3 Å². The molecule has 72 valence electrons. The number of hydrogen-bond acceptors (Lipinski definition) is 3. The molecule has 2 atom stereocenters. The van der Waals surface area contributed by atoms with Crippen molar-refractivity contribution in [1.29, 1.82) is 0 Å². The molecule has 0 amide bonds. The summed E-state index contributed by atoms with van der Waals surface area (Å²) in [6, 6.07) is 0. The Kier molecular flexibility index (Phi) is 6.16. The van der Waals surface area contributed by atoms with Crippen LogP contribution >= 0.6 is 0 Å². The first-order chi connectivity index (χ1) is 5.58. The Morgan fingerprint density at radius 1 is 1.46 bits per heavy atom. The molecule has 0 aliphatic carbocycles. The summed E-state index contributed by atoms with van der Waals surface area (Å²) in [7, 11) is 0. The molecule has 0 saturated carbocycles. The molecule has 5 heteroatoms. The van der Waals surface area contributed by atoms with Crippen LogP contribution in [0.25, 0.3) is 0 Å². The summed E-state index contributed by atoms with van der Waals surface area (Å²) in [5.74, 6) is -0.888. The maximum Gasteiger partial charge on any atom is 1.00 e. The van der Waals surface area contributed by atoms with E-state index in [0.717, 1.165) is 6.42 Å². The molecule has 1 aliphatic heterocycles. The van der Waals surface area contributed by atoms with Gasteiger partial charge in [0.25, 0.3) is 0 Å². The number of carboxylic acids is 1. The monoisotopic (exact) mass is 198 g/mol. The predicted molar refractivity (Wildman–Crippen MR) is 42.9 cm³/mol.